The molecule has 0 fully saturated rings. The molecule has 0 aliphatic heterocycles. The smallest absolute Gasteiger partial charge is 0.0713 e. The average Bonchev–Trinajstić information content (AvgIpc) is 2.43. The normalized spacial score (nSPS) is 10.7. The van der Waals surface area contributed by atoms with E-state index in [9.17, 15) is 0 Å². The van der Waals surface area contributed by atoms with Crippen molar-refractivity contribution in [1.82, 2.24) is 10.3 Å². The molecule has 0 unspecified atom stereocenters. The fourth-order valence-electron chi connectivity index (χ4n) is 2.17. The lowest BCUT2D eigenvalue weighted by Crippen LogP contribution is -2.08. The molecule has 0 aliphatic rings. The lowest BCUT2D eigenvalue weighted by Gasteiger charge is -2.07. The summed E-state index contributed by atoms with van der Waals surface area (Å²) in [6.07, 6.45) is 0. The topological polar surface area (TPSA) is 24.9 Å². The Labute approximate surface area is 111 Å². The van der Waals surface area contributed by atoms with E-state index in [4.69, 9.17) is 12.2 Å². The van der Waals surface area contributed by atoms with E-state index < -0.39 is 0 Å². The fourth-order valence-corrected chi connectivity index (χ4v) is 2.25. The van der Waals surface area contributed by atoms with Gasteiger partial charge in [0.25, 0.3) is 0 Å². The number of thiocarbonyl (C=S) groups is 1. The second kappa shape index (κ2) is 4.70. The molecule has 3 heteroatoms. The van der Waals surface area contributed by atoms with Crippen LogP contribution in [-0.4, -0.2) is 10.5 Å². The highest BCUT2D eigenvalue weighted by atomic mass is 32.1. The molecule has 1 N–H and O–H groups in total. The molecule has 3 aromatic rings. The van der Waals surface area contributed by atoms with Gasteiger partial charge < -0.3 is 5.32 Å². The number of benzene rings is 2. The number of fused-ring (bicyclic) bond motifs is 2. The molecule has 0 saturated carbocycles. The van der Waals surface area contributed by atoms with Crippen LogP contribution in [0.2, 0.25) is 0 Å². The highest BCUT2D eigenvalue weighted by Crippen LogP contribution is 2.22. The molecular formula is C15H12N2S. The van der Waals surface area contributed by atoms with Crippen LogP contribution in [0.25, 0.3) is 21.8 Å². The molecule has 1 heterocycles. The molecule has 0 saturated heterocycles. The summed E-state index contributed by atoms with van der Waals surface area (Å²) < 4.78 is 0. The first-order valence-corrected chi connectivity index (χ1v) is 6.30. The highest BCUT2D eigenvalue weighted by molar-refractivity contribution is 7.78. The van der Waals surface area contributed by atoms with E-state index in [1.807, 2.05) is 30.3 Å². The molecule has 3 rings (SSSR count). The van der Waals surface area contributed by atoms with Crippen LogP contribution >= 0.6 is 12.2 Å². The number of nitrogens with zero attached hydrogens (tertiary/aromatic N) is 1. The molecule has 0 radical (unpaired) electrons. The zero-order chi connectivity index (χ0) is 12.4. The predicted molar refractivity (Wildman–Crippen MR) is 79.7 cm³/mol. The van der Waals surface area contributed by atoms with Crippen LogP contribution < -0.4 is 5.32 Å². The Balaban J connectivity index is 2.25. The van der Waals surface area contributed by atoms with Gasteiger partial charge in [0.15, 0.2) is 0 Å². The van der Waals surface area contributed by atoms with Crippen molar-refractivity contribution in [3.63, 3.8) is 0 Å². The summed E-state index contributed by atoms with van der Waals surface area (Å²) in [6.45, 7) is 0.737. The van der Waals surface area contributed by atoms with Crippen LogP contribution in [0.3, 0.4) is 0 Å². The maximum Gasteiger partial charge on any atom is 0.0713 e. The van der Waals surface area contributed by atoms with Crippen molar-refractivity contribution in [3.8, 4) is 0 Å². The number of rotatable bonds is 3. The third-order valence-corrected chi connectivity index (χ3v) is 3.19. The molecule has 0 amide bonds. The van der Waals surface area contributed by atoms with Crippen molar-refractivity contribution in [3.05, 3.63) is 54.1 Å². The third kappa shape index (κ3) is 1.93. The lowest BCUT2D eigenvalue weighted by molar-refractivity contribution is 0.953. The van der Waals surface area contributed by atoms with Crippen molar-refractivity contribution in [1.29, 1.82) is 0 Å². The van der Waals surface area contributed by atoms with E-state index in [0.29, 0.717) is 0 Å². The summed E-state index contributed by atoms with van der Waals surface area (Å²) in [7, 11) is 0. The summed E-state index contributed by atoms with van der Waals surface area (Å²) in [5.74, 6) is 0. The standard InChI is InChI=1S/C15H12N2S/c18-10-16-9-12-5-3-7-15-13(12)8-11-4-1-2-6-14(11)17-15/h1-8,10H,9H2,(H,16,18). The second-order valence-corrected chi connectivity index (χ2v) is 4.40. The largest absolute Gasteiger partial charge is 0.378 e. The van der Waals surface area contributed by atoms with Gasteiger partial charge in [0.1, 0.15) is 0 Å². The fraction of sp³-hybridized carbons (Fsp3) is 0.0667. The minimum atomic E-state index is 0.737. The molecule has 0 bridgehead atoms. The predicted octanol–water partition coefficient (Wildman–Crippen LogP) is 3.43. The van der Waals surface area contributed by atoms with E-state index in [1.54, 1.807) is 5.49 Å². The van der Waals surface area contributed by atoms with Gasteiger partial charge in [-0.3, -0.25) is 0 Å². The summed E-state index contributed by atoms with van der Waals surface area (Å²) in [5, 5.41) is 5.41. The van der Waals surface area contributed by atoms with Crippen molar-refractivity contribution < 1.29 is 0 Å². The Morgan fingerprint density at radius 1 is 1.06 bits per heavy atom. The second-order valence-electron chi connectivity index (χ2n) is 4.16. The zero-order valence-corrected chi connectivity index (χ0v) is 10.6. The molecule has 1 aromatic heterocycles. The highest BCUT2D eigenvalue weighted by Gasteiger charge is 2.03. The van der Waals surface area contributed by atoms with E-state index >= 15 is 0 Å². The minimum absolute atomic E-state index is 0.737. The number of pyridine rings is 1. The summed E-state index contributed by atoms with van der Waals surface area (Å²) in [6, 6.07) is 16.5. The summed E-state index contributed by atoms with van der Waals surface area (Å²) in [4.78, 5) is 4.68. The zero-order valence-electron chi connectivity index (χ0n) is 9.76. The maximum absolute atomic E-state index is 4.80. The molecule has 0 aliphatic carbocycles. The van der Waals surface area contributed by atoms with Gasteiger partial charge in [-0.1, -0.05) is 42.5 Å². The Bertz CT molecular complexity index is 722. The molecule has 18 heavy (non-hydrogen) atoms. The molecular weight excluding hydrogens is 240 g/mol. The lowest BCUT2D eigenvalue weighted by atomic mass is 10.1. The van der Waals surface area contributed by atoms with Gasteiger partial charge in [0, 0.05) is 17.3 Å². The van der Waals surface area contributed by atoms with Gasteiger partial charge in [-0.25, -0.2) is 4.98 Å². The average molecular weight is 252 g/mol. The number of nitrogens with one attached hydrogen (secondary N) is 1. The Hall–Kier alpha value is -2.00. The number of hydrogen-bond donors (Lipinski definition) is 1. The monoisotopic (exact) mass is 252 g/mol. The van der Waals surface area contributed by atoms with Crippen molar-refractivity contribution >= 4 is 39.5 Å². The van der Waals surface area contributed by atoms with Gasteiger partial charge in [0.05, 0.1) is 16.5 Å². The van der Waals surface area contributed by atoms with Gasteiger partial charge in [-0.05, 0) is 23.8 Å². The Kier molecular flexibility index (Phi) is 2.90. The van der Waals surface area contributed by atoms with Crippen molar-refractivity contribution in [2.75, 3.05) is 0 Å². The summed E-state index contributed by atoms with van der Waals surface area (Å²) in [5.41, 5.74) is 4.82. The first kappa shape index (κ1) is 11.1. The van der Waals surface area contributed by atoms with Gasteiger partial charge in [0.2, 0.25) is 0 Å². The van der Waals surface area contributed by atoms with E-state index in [2.05, 4.69) is 28.5 Å². The van der Waals surface area contributed by atoms with Crippen LogP contribution in [-0.2, 0) is 6.54 Å². The number of hydrogen-bond acceptors (Lipinski definition) is 2. The third-order valence-electron chi connectivity index (χ3n) is 3.03. The van der Waals surface area contributed by atoms with E-state index in [1.165, 1.54) is 16.3 Å². The first-order chi connectivity index (χ1) is 8.88. The van der Waals surface area contributed by atoms with E-state index in [0.717, 1.165) is 17.6 Å². The van der Waals surface area contributed by atoms with Crippen molar-refractivity contribution in [2.24, 2.45) is 0 Å². The first-order valence-electron chi connectivity index (χ1n) is 5.83. The molecule has 0 spiro atoms. The molecule has 2 aromatic carbocycles. The van der Waals surface area contributed by atoms with Crippen molar-refractivity contribution in [2.45, 2.75) is 6.54 Å². The number of para-hydroxylation sites is 1. The minimum Gasteiger partial charge on any atom is -0.378 e. The van der Waals surface area contributed by atoms with Gasteiger partial charge in [-0.2, -0.15) is 0 Å². The molecule has 2 nitrogen and oxygen atoms in total. The van der Waals surface area contributed by atoms with E-state index in [-0.39, 0.29) is 0 Å². The van der Waals surface area contributed by atoms with Gasteiger partial charge >= 0.3 is 0 Å². The maximum atomic E-state index is 4.80. The Morgan fingerprint density at radius 2 is 1.89 bits per heavy atom. The van der Waals surface area contributed by atoms with Gasteiger partial charge in [-0.15, -0.1) is 0 Å². The molecule has 88 valence electrons. The summed E-state index contributed by atoms with van der Waals surface area (Å²) >= 11 is 4.80. The van der Waals surface area contributed by atoms with Crippen LogP contribution in [0.15, 0.2) is 48.5 Å². The van der Waals surface area contributed by atoms with Crippen LogP contribution in [0.1, 0.15) is 5.56 Å². The number of aromatic nitrogens is 1. The molecule has 0 atom stereocenters. The van der Waals surface area contributed by atoms with Crippen LogP contribution in [0.5, 0.6) is 0 Å². The Morgan fingerprint density at radius 3 is 2.78 bits per heavy atom. The quantitative estimate of drug-likeness (QED) is 0.571. The van der Waals surface area contributed by atoms with Crippen LogP contribution in [0, 0.1) is 0 Å². The van der Waals surface area contributed by atoms with Crippen LogP contribution in [0.4, 0.5) is 0 Å². The SMILES string of the molecule is S=CNCc1cccc2nc3ccccc3cc12.